The third-order valence-electron chi connectivity index (χ3n) is 2.83. The number of fused-ring (bicyclic) bond motifs is 2. The van der Waals surface area contributed by atoms with E-state index in [-0.39, 0.29) is 0 Å². The van der Waals surface area contributed by atoms with Crippen molar-refractivity contribution in [3.05, 3.63) is 12.2 Å². The Bertz CT molecular complexity index is 181. The van der Waals surface area contributed by atoms with Crippen molar-refractivity contribution in [2.45, 2.75) is 45.2 Å². The molecule has 11 heavy (non-hydrogen) atoms. The van der Waals surface area contributed by atoms with Crippen LogP contribution >= 0.6 is 0 Å². The average Bonchev–Trinajstić information content (AvgIpc) is 2.24. The summed E-state index contributed by atoms with van der Waals surface area (Å²) in [5.41, 5.74) is 0.423. The van der Waals surface area contributed by atoms with Gasteiger partial charge in [-0.2, -0.15) is 0 Å². The first-order valence-corrected chi connectivity index (χ1v) is 4.61. The Hall–Kier alpha value is -0.300. The van der Waals surface area contributed by atoms with Gasteiger partial charge in [0.15, 0.2) is 0 Å². The summed E-state index contributed by atoms with van der Waals surface area (Å²) in [5.74, 6) is 0. The summed E-state index contributed by atoms with van der Waals surface area (Å²) in [6.07, 6.45) is 8.76. The van der Waals surface area contributed by atoms with Gasteiger partial charge in [-0.15, -0.1) is 0 Å². The van der Waals surface area contributed by atoms with E-state index in [0.717, 1.165) is 6.04 Å². The van der Waals surface area contributed by atoms with Crippen molar-refractivity contribution in [2.75, 3.05) is 0 Å². The molecule has 2 atom stereocenters. The fraction of sp³-hybridized carbons (Fsp3) is 0.800. The summed E-state index contributed by atoms with van der Waals surface area (Å²) in [5, 5.41) is 3.62. The first kappa shape index (κ1) is 7.35. The van der Waals surface area contributed by atoms with Gasteiger partial charge in [0.05, 0.1) is 0 Å². The lowest BCUT2D eigenvalue weighted by Crippen LogP contribution is -2.28. The van der Waals surface area contributed by atoms with E-state index >= 15 is 0 Å². The fourth-order valence-electron chi connectivity index (χ4n) is 2.24. The van der Waals surface area contributed by atoms with Crippen LogP contribution in [0.2, 0.25) is 0 Å². The molecule has 1 fully saturated rings. The third-order valence-corrected chi connectivity index (χ3v) is 2.83. The van der Waals surface area contributed by atoms with Gasteiger partial charge in [-0.25, -0.2) is 0 Å². The molecule has 2 aliphatic rings. The molecule has 1 nitrogen and oxygen atoms in total. The zero-order valence-corrected chi connectivity index (χ0v) is 7.43. The minimum absolute atomic E-state index is 0.423. The number of hydrogen-bond acceptors (Lipinski definition) is 1. The van der Waals surface area contributed by atoms with Gasteiger partial charge in [0.2, 0.25) is 0 Å². The van der Waals surface area contributed by atoms with Gasteiger partial charge in [0, 0.05) is 12.1 Å². The van der Waals surface area contributed by atoms with Crippen molar-refractivity contribution in [1.29, 1.82) is 0 Å². The van der Waals surface area contributed by atoms with E-state index < -0.39 is 0 Å². The summed E-state index contributed by atoms with van der Waals surface area (Å²) < 4.78 is 0. The number of nitrogens with one attached hydrogen (secondary N) is 1. The molecule has 2 aliphatic heterocycles. The van der Waals surface area contributed by atoms with Crippen molar-refractivity contribution in [3.63, 3.8) is 0 Å². The maximum absolute atomic E-state index is 3.62. The predicted octanol–water partition coefficient (Wildman–Crippen LogP) is 2.09. The molecule has 0 aliphatic carbocycles. The Morgan fingerprint density at radius 1 is 1.36 bits per heavy atom. The van der Waals surface area contributed by atoms with Crippen LogP contribution in [0, 0.1) is 5.41 Å². The van der Waals surface area contributed by atoms with Gasteiger partial charge >= 0.3 is 0 Å². The smallest absolute Gasteiger partial charge is 0.0253 e. The van der Waals surface area contributed by atoms with Gasteiger partial charge < -0.3 is 5.32 Å². The molecule has 0 radical (unpaired) electrons. The van der Waals surface area contributed by atoms with Crippen molar-refractivity contribution in [1.82, 2.24) is 5.32 Å². The van der Waals surface area contributed by atoms with Gasteiger partial charge in [0.1, 0.15) is 0 Å². The Balaban J connectivity index is 2.18. The molecule has 2 bridgehead atoms. The van der Waals surface area contributed by atoms with E-state index in [2.05, 4.69) is 31.3 Å². The van der Waals surface area contributed by atoms with E-state index in [9.17, 15) is 0 Å². The van der Waals surface area contributed by atoms with Gasteiger partial charge in [-0.1, -0.05) is 26.0 Å². The lowest BCUT2D eigenvalue weighted by Gasteiger charge is -2.22. The first-order chi connectivity index (χ1) is 5.16. The number of hydrogen-bond donors (Lipinski definition) is 1. The lowest BCUT2D eigenvalue weighted by molar-refractivity contribution is 0.375. The molecule has 1 saturated heterocycles. The third kappa shape index (κ3) is 1.48. The summed E-state index contributed by atoms with van der Waals surface area (Å²) in [7, 11) is 0. The van der Waals surface area contributed by atoms with Gasteiger partial charge in [0.25, 0.3) is 0 Å². The highest BCUT2D eigenvalue weighted by Gasteiger charge is 2.30. The van der Waals surface area contributed by atoms with Gasteiger partial charge in [-0.3, -0.25) is 0 Å². The van der Waals surface area contributed by atoms with Crippen LogP contribution in [-0.4, -0.2) is 12.1 Å². The zero-order chi connectivity index (χ0) is 7.90. The molecule has 0 aromatic carbocycles. The van der Waals surface area contributed by atoms with Crippen LogP contribution in [-0.2, 0) is 0 Å². The van der Waals surface area contributed by atoms with Gasteiger partial charge in [-0.05, 0) is 24.7 Å². The quantitative estimate of drug-likeness (QED) is 0.523. The van der Waals surface area contributed by atoms with E-state index in [4.69, 9.17) is 0 Å². The lowest BCUT2D eigenvalue weighted by atomic mass is 9.84. The van der Waals surface area contributed by atoms with Crippen molar-refractivity contribution in [3.8, 4) is 0 Å². The van der Waals surface area contributed by atoms with E-state index in [1.54, 1.807) is 0 Å². The second kappa shape index (κ2) is 2.34. The number of rotatable bonds is 0. The fourth-order valence-corrected chi connectivity index (χ4v) is 2.24. The van der Waals surface area contributed by atoms with E-state index in [1.807, 2.05) is 0 Å². The monoisotopic (exact) mass is 151 g/mol. The molecule has 0 aromatic rings. The van der Waals surface area contributed by atoms with E-state index in [0.29, 0.717) is 11.5 Å². The molecule has 2 rings (SSSR count). The molecular formula is C10H17N. The predicted molar refractivity (Wildman–Crippen MR) is 47.5 cm³/mol. The first-order valence-electron chi connectivity index (χ1n) is 4.61. The van der Waals surface area contributed by atoms with Crippen LogP contribution in [0.15, 0.2) is 12.2 Å². The highest BCUT2D eigenvalue weighted by atomic mass is 15.0. The summed E-state index contributed by atoms with van der Waals surface area (Å²) in [4.78, 5) is 0. The Morgan fingerprint density at radius 2 is 2.18 bits per heavy atom. The molecule has 2 unspecified atom stereocenters. The topological polar surface area (TPSA) is 12.0 Å². The van der Waals surface area contributed by atoms with Crippen LogP contribution in [0.25, 0.3) is 0 Å². The van der Waals surface area contributed by atoms with Crippen molar-refractivity contribution < 1.29 is 0 Å². The van der Waals surface area contributed by atoms with Crippen molar-refractivity contribution >= 4 is 0 Å². The molecule has 0 aromatic heterocycles. The molecule has 2 heterocycles. The standard InChI is InChI=1S/C10H17N/c1-10(2)6-5-8-3-4-9(7-10)11-8/h5-6,8-9,11H,3-4,7H2,1-2H3. The highest BCUT2D eigenvalue weighted by molar-refractivity contribution is 5.09. The van der Waals surface area contributed by atoms with Crippen LogP contribution < -0.4 is 5.32 Å². The Morgan fingerprint density at radius 3 is 3.00 bits per heavy atom. The maximum atomic E-state index is 3.62. The van der Waals surface area contributed by atoms with Crippen molar-refractivity contribution in [2.24, 2.45) is 5.41 Å². The molecule has 1 heteroatoms. The number of allylic oxidation sites excluding steroid dienone is 1. The van der Waals surface area contributed by atoms with Crippen LogP contribution in [0.3, 0.4) is 0 Å². The Labute approximate surface area is 68.9 Å². The summed E-state index contributed by atoms with van der Waals surface area (Å²) in [6, 6.07) is 1.46. The van der Waals surface area contributed by atoms with Crippen LogP contribution in [0.1, 0.15) is 33.1 Å². The highest BCUT2D eigenvalue weighted by Crippen LogP contribution is 2.32. The van der Waals surface area contributed by atoms with Crippen LogP contribution in [0.4, 0.5) is 0 Å². The summed E-state index contributed by atoms with van der Waals surface area (Å²) in [6.45, 7) is 4.65. The Kier molecular flexibility index (Phi) is 1.57. The molecule has 0 saturated carbocycles. The second-order valence-electron chi connectivity index (χ2n) is 4.60. The maximum Gasteiger partial charge on any atom is 0.0253 e. The van der Waals surface area contributed by atoms with Crippen LogP contribution in [0.5, 0.6) is 0 Å². The van der Waals surface area contributed by atoms with E-state index in [1.165, 1.54) is 19.3 Å². The minimum atomic E-state index is 0.423. The summed E-state index contributed by atoms with van der Waals surface area (Å²) >= 11 is 0. The molecular weight excluding hydrogens is 134 g/mol. The molecule has 0 spiro atoms. The minimum Gasteiger partial charge on any atom is -0.308 e. The largest absolute Gasteiger partial charge is 0.308 e. The molecule has 62 valence electrons. The zero-order valence-electron chi connectivity index (χ0n) is 7.43. The normalized spacial score (nSPS) is 40.5. The molecule has 1 N–H and O–H groups in total. The second-order valence-corrected chi connectivity index (χ2v) is 4.60. The molecule has 0 amide bonds. The average molecular weight is 151 g/mol. The SMILES string of the molecule is CC1(C)C=CC2CCC(C1)N2.